The fourth-order valence-corrected chi connectivity index (χ4v) is 1.98. The molecule has 106 valence electrons. The Morgan fingerprint density at radius 1 is 1.47 bits per heavy atom. The molecule has 1 aromatic rings. The molecular weight excluding hydrogens is 266 g/mol. The molecule has 0 aliphatic heterocycles. The van der Waals surface area contributed by atoms with Crippen LogP contribution in [0, 0.1) is 0 Å². The first kappa shape index (κ1) is 15.8. The van der Waals surface area contributed by atoms with E-state index in [1.54, 1.807) is 26.0 Å². The van der Waals surface area contributed by atoms with Crippen LogP contribution in [0.1, 0.15) is 20.8 Å². The lowest BCUT2D eigenvalue weighted by atomic mass is 10.0. The van der Waals surface area contributed by atoms with E-state index in [2.05, 4.69) is 0 Å². The molecular formula is C14H20ClNO3. The van der Waals surface area contributed by atoms with Crippen molar-refractivity contribution in [3.63, 3.8) is 0 Å². The van der Waals surface area contributed by atoms with Crippen molar-refractivity contribution in [2.24, 2.45) is 0 Å². The monoisotopic (exact) mass is 285 g/mol. The SMILES string of the molecule is CCN(CCOc1cccc(Cl)c1)C(C)(C)C(=O)O. The number of halogens is 1. The molecule has 0 amide bonds. The Morgan fingerprint density at radius 2 is 2.16 bits per heavy atom. The van der Waals surface area contributed by atoms with E-state index in [1.807, 2.05) is 24.0 Å². The molecule has 0 unspecified atom stereocenters. The van der Waals surface area contributed by atoms with Crippen molar-refractivity contribution in [1.29, 1.82) is 0 Å². The third-order valence-electron chi connectivity index (χ3n) is 3.12. The van der Waals surface area contributed by atoms with Gasteiger partial charge in [-0.05, 0) is 38.6 Å². The van der Waals surface area contributed by atoms with Gasteiger partial charge >= 0.3 is 5.97 Å². The standard InChI is InChI=1S/C14H20ClNO3/c1-4-16(14(2,3)13(17)18)8-9-19-12-7-5-6-11(15)10-12/h5-7,10H,4,8-9H2,1-3H3,(H,17,18). The second-order valence-electron chi connectivity index (χ2n) is 4.75. The van der Waals surface area contributed by atoms with Gasteiger partial charge in [0.1, 0.15) is 17.9 Å². The average molecular weight is 286 g/mol. The lowest BCUT2D eigenvalue weighted by Gasteiger charge is -2.33. The molecule has 0 bridgehead atoms. The largest absolute Gasteiger partial charge is 0.492 e. The number of carbonyl (C=O) groups is 1. The zero-order valence-corrected chi connectivity index (χ0v) is 12.3. The van der Waals surface area contributed by atoms with Crippen molar-refractivity contribution >= 4 is 17.6 Å². The van der Waals surface area contributed by atoms with Crippen LogP contribution in [0.15, 0.2) is 24.3 Å². The first-order chi connectivity index (χ1) is 8.87. The number of hydrogen-bond acceptors (Lipinski definition) is 3. The van der Waals surface area contributed by atoms with Gasteiger partial charge < -0.3 is 9.84 Å². The second kappa shape index (κ2) is 6.78. The van der Waals surface area contributed by atoms with Crippen LogP contribution in [-0.4, -0.2) is 41.2 Å². The minimum atomic E-state index is -0.896. The van der Waals surface area contributed by atoms with Gasteiger partial charge in [0, 0.05) is 11.6 Å². The van der Waals surface area contributed by atoms with Crippen LogP contribution in [0.4, 0.5) is 0 Å². The van der Waals surface area contributed by atoms with E-state index < -0.39 is 11.5 Å². The van der Waals surface area contributed by atoms with Crippen LogP contribution in [0.2, 0.25) is 5.02 Å². The molecule has 0 fully saturated rings. The molecule has 0 aliphatic carbocycles. The third-order valence-corrected chi connectivity index (χ3v) is 3.36. The molecule has 0 saturated carbocycles. The Kier molecular flexibility index (Phi) is 5.63. The lowest BCUT2D eigenvalue weighted by Crippen LogP contribution is -2.51. The fourth-order valence-electron chi connectivity index (χ4n) is 1.80. The van der Waals surface area contributed by atoms with Crippen molar-refractivity contribution in [2.45, 2.75) is 26.3 Å². The van der Waals surface area contributed by atoms with Gasteiger partial charge in [0.2, 0.25) is 0 Å². The predicted octanol–water partition coefficient (Wildman–Crippen LogP) is 2.90. The number of rotatable bonds is 7. The molecule has 0 aliphatic rings. The number of likely N-dealkylation sites (N-methyl/N-ethyl adjacent to an activating group) is 1. The highest BCUT2D eigenvalue weighted by atomic mass is 35.5. The van der Waals surface area contributed by atoms with Crippen molar-refractivity contribution in [1.82, 2.24) is 4.90 Å². The van der Waals surface area contributed by atoms with E-state index in [-0.39, 0.29) is 0 Å². The maximum absolute atomic E-state index is 11.2. The van der Waals surface area contributed by atoms with Crippen molar-refractivity contribution in [3.8, 4) is 5.75 Å². The summed E-state index contributed by atoms with van der Waals surface area (Å²) in [5.41, 5.74) is -0.896. The van der Waals surface area contributed by atoms with Crippen LogP contribution in [0.3, 0.4) is 0 Å². The molecule has 0 heterocycles. The van der Waals surface area contributed by atoms with E-state index in [1.165, 1.54) is 0 Å². The zero-order chi connectivity index (χ0) is 14.5. The van der Waals surface area contributed by atoms with Gasteiger partial charge in [0.05, 0.1) is 0 Å². The van der Waals surface area contributed by atoms with Crippen LogP contribution in [-0.2, 0) is 4.79 Å². The summed E-state index contributed by atoms with van der Waals surface area (Å²) < 4.78 is 5.58. The van der Waals surface area contributed by atoms with E-state index in [4.69, 9.17) is 16.3 Å². The van der Waals surface area contributed by atoms with Gasteiger partial charge in [-0.3, -0.25) is 9.69 Å². The molecule has 1 aromatic carbocycles. The fraction of sp³-hybridized carbons (Fsp3) is 0.500. The molecule has 0 aromatic heterocycles. The maximum Gasteiger partial charge on any atom is 0.323 e. The van der Waals surface area contributed by atoms with Crippen LogP contribution in [0.25, 0.3) is 0 Å². The van der Waals surface area contributed by atoms with Crippen molar-refractivity contribution in [2.75, 3.05) is 19.7 Å². The quantitative estimate of drug-likeness (QED) is 0.837. The molecule has 4 nitrogen and oxygen atoms in total. The zero-order valence-electron chi connectivity index (χ0n) is 11.5. The second-order valence-corrected chi connectivity index (χ2v) is 5.19. The van der Waals surface area contributed by atoms with Crippen molar-refractivity contribution in [3.05, 3.63) is 29.3 Å². The van der Waals surface area contributed by atoms with Crippen LogP contribution in [0.5, 0.6) is 5.75 Å². The lowest BCUT2D eigenvalue weighted by molar-refractivity contribution is -0.149. The summed E-state index contributed by atoms with van der Waals surface area (Å²) in [6.07, 6.45) is 0. The predicted molar refractivity (Wildman–Crippen MR) is 75.9 cm³/mol. The van der Waals surface area contributed by atoms with Crippen LogP contribution >= 0.6 is 11.6 Å². The maximum atomic E-state index is 11.2. The minimum Gasteiger partial charge on any atom is -0.492 e. The summed E-state index contributed by atoms with van der Waals surface area (Å²) >= 11 is 5.86. The molecule has 0 saturated heterocycles. The number of hydrogen-bond donors (Lipinski definition) is 1. The number of carboxylic acids is 1. The summed E-state index contributed by atoms with van der Waals surface area (Å²) in [4.78, 5) is 13.1. The number of nitrogens with zero attached hydrogens (tertiary/aromatic N) is 1. The summed E-state index contributed by atoms with van der Waals surface area (Å²) in [6, 6.07) is 7.15. The molecule has 0 atom stereocenters. The van der Waals surface area contributed by atoms with Gasteiger partial charge in [-0.15, -0.1) is 0 Å². The number of carboxylic acid groups (broad SMARTS) is 1. The van der Waals surface area contributed by atoms with Crippen LogP contribution < -0.4 is 4.74 Å². The molecule has 0 spiro atoms. The highest BCUT2D eigenvalue weighted by Crippen LogP contribution is 2.18. The first-order valence-electron chi connectivity index (χ1n) is 6.24. The summed E-state index contributed by atoms with van der Waals surface area (Å²) in [5.74, 6) is -0.145. The van der Waals surface area contributed by atoms with E-state index in [9.17, 15) is 9.90 Å². The Bertz CT molecular complexity index is 434. The van der Waals surface area contributed by atoms with E-state index >= 15 is 0 Å². The molecule has 1 rings (SSSR count). The summed E-state index contributed by atoms with van der Waals surface area (Å²) in [7, 11) is 0. The average Bonchev–Trinajstić information content (AvgIpc) is 2.34. The summed E-state index contributed by atoms with van der Waals surface area (Å²) in [5, 5.41) is 9.82. The molecule has 0 radical (unpaired) electrons. The number of benzene rings is 1. The molecule has 1 N–H and O–H groups in total. The van der Waals surface area contributed by atoms with E-state index in [0.717, 1.165) is 0 Å². The molecule has 19 heavy (non-hydrogen) atoms. The van der Waals surface area contributed by atoms with Gasteiger partial charge in [0.15, 0.2) is 0 Å². The Labute approximate surface area is 118 Å². The topological polar surface area (TPSA) is 49.8 Å². The Morgan fingerprint density at radius 3 is 2.68 bits per heavy atom. The third kappa shape index (κ3) is 4.40. The van der Waals surface area contributed by atoms with Gasteiger partial charge in [-0.2, -0.15) is 0 Å². The van der Waals surface area contributed by atoms with E-state index in [0.29, 0.717) is 30.5 Å². The number of ether oxygens (including phenoxy) is 1. The normalized spacial score (nSPS) is 11.6. The highest BCUT2D eigenvalue weighted by molar-refractivity contribution is 6.30. The highest BCUT2D eigenvalue weighted by Gasteiger charge is 2.33. The minimum absolute atomic E-state index is 0.422. The number of aliphatic carboxylic acids is 1. The molecule has 5 heteroatoms. The van der Waals surface area contributed by atoms with Gasteiger partial charge in [-0.25, -0.2) is 0 Å². The smallest absolute Gasteiger partial charge is 0.323 e. The van der Waals surface area contributed by atoms with Gasteiger partial charge in [-0.1, -0.05) is 24.6 Å². The summed E-state index contributed by atoms with van der Waals surface area (Å²) in [6.45, 7) is 6.94. The van der Waals surface area contributed by atoms with Crippen molar-refractivity contribution < 1.29 is 14.6 Å². The Hall–Kier alpha value is -1.26. The first-order valence-corrected chi connectivity index (χ1v) is 6.62. The van der Waals surface area contributed by atoms with Gasteiger partial charge in [0.25, 0.3) is 0 Å². The Balaban J connectivity index is 2.53.